The van der Waals surface area contributed by atoms with Gasteiger partial charge in [-0.3, -0.25) is 4.79 Å². The van der Waals surface area contributed by atoms with Crippen LogP contribution in [0.2, 0.25) is 0 Å². The average Bonchev–Trinajstić information content (AvgIpc) is 3.13. The molecule has 0 spiro atoms. The van der Waals surface area contributed by atoms with Crippen molar-refractivity contribution < 1.29 is 23.9 Å². The number of amides is 2. The lowest BCUT2D eigenvalue weighted by Crippen LogP contribution is -2.37. The highest BCUT2D eigenvalue weighted by Crippen LogP contribution is 2.44. The Labute approximate surface area is 200 Å². The second-order valence-electron chi connectivity index (χ2n) is 8.45. The van der Waals surface area contributed by atoms with Gasteiger partial charge in [0.25, 0.3) is 0 Å². The Morgan fingerprint density at radius 2 is 1.56 bits per heavy atom. The van der Waals surface area contributed by atoms with Crippen molar-refractivity contribution in [3.05, 3.63) is 71.8 Å². The third-order valence-electron chi connectivity index (χ3n) is 5.53. The summed E-state index contributed by atoms with van der Waals surface area (Å²) >= 11 is 0. The van der Waals surface area contributed by atoms with Crippen molar-refractivity contribution in [2.45, 2.75) is 51.6 Å². The number of ether oxygens (including phenoxy) is 2. The molecule has 34 heavy (non-hydrogen) atoms. The van der Waals surface area contributed by atoms with Gasteiger partial charge in [-0.05, 0) is 49.4 Å². The van der Waals surface area contributed by atoms with Crippen molar-refractivity contribution in [3.8, 4) is 11.1 Å². The minimum Gasteiger partial charge on any atom is -0.463 e. The summed E-state index contributed by atoms with van der Waals surface area (Å²) in [4.78, 5) is 36.4. The molecule has 7 heteroatoms. The Balaban J connectivity index is 1.63. The van der Waals surface area contributed by atoms with Crippen molar-refractivity contribution in [1.82, 2.24) is 10.6 Å². The van der Waals surface area contributed by atoms with Gasteiger partial charge in [0.1, 0.15) is 6.61 Å². The molecule has 1 aliphatic rings. The summed E-state index contributed by atoms with van der Waals surface area (Å²) in [7, 11) is 0. The van der Waals surface area contributed by atoms with E-state index in [-0.39, 0.29) is 37.5 Å². The lowest BCUT2D eigenvalue weighted by atomic mass is 9.98. The van der Waals surface area contributed by atoms with E-state index >= 15 is 0 Å². The molecule has 2 N–H and O–H groups in total. The molecule has 3 rings (SSSR count). The van der Waals surface area contributed by atoms with Crippen LogP contribution in [0, 0.1) is 0 Å². The highest BCUT2D eigenvalue weighted by atomic mass is 16.5. The van der Waals surface area contributed by atoms with Crippen LogP contribution in [-0.2, 0) is 19.1 Å². The van der Waals surface area contributed by atoms with E-state index in [1.165, 1.54) is 12.2 Å². The maximum Gasteiger partial charge on any atom is 0.407 e. The third-order valence-corrected chi connectivity index (χ3v) is 5.53. The van der Waals surface area contributed by atoms with Gasteiger partial charge in [0.05, 0.1) is 12.6 Å². The molecule has 2 aromatic carbocycles. The molecule has 0 saturated heterocycles. The van der Waals surface area contributed by atoms with Crippen LogP contribution >= 0.6 is 0 Å². The summed E-state index contributed by atoms with van der Waals surface area (Å²) in [5.41, 5.74) is 4.55. The van der Waals surface area contributed by atoms with Crippen molar-refractivity contribution in [1.29, 1.82) is 0 Å². The Morgan fingerprint density at radius 1 is 0.941 bits per heavy atom. The first-order valence-electron chi connectivity index (χ1n) is 11.6. The number of hydrogen-bond acceptors (Lipinski definition) is 5. The molecule has 0 saturated carbocycles. The first-order valence-corrected chi connectivity index (χ1v) is 11.6. The first kappa shape index (κ1) is 25.0. The minimum absolute atomic E-state index is 0.0242. The Morgan fingerprint density at radius 3 is 2.15 bits per heavy atom. The van der Waals surface area contributed by atoms with Crippen molar-refractivity contribution in [3.63, 3.8) is 0 Å². The van der Waals surface area contributed by atoms with E-state index in [4.69, 9.17) is 9.47 Å². The first-order chi connectivity index (χ1) is 16.4. The lowest BCUT2D eigenvalue weighted by Gasteiger charge is -2.18. The van der Waals surface area contributed by atoms with Crippen LogP contribution in [0.1, 0.15) is 50.7 Å². The third kappa shape index (κ3) is 6.70. The minimum atomic E-state index is -0.607. The number of alkyl carbamates (subject to hydrolysis) is 1. The maximum absolute atomic E-state index is 12.6. The Kier molecular flexibility index (Phi) is 8.85. The zero-order valence-electron chi connectivity index (χ0n) is 19.9. The number of benzene rings is 2. The van der Waals surface area contributed by atoms with E-state index in [1.54, 1.807) is 6.92 Å². The summed E-state index contributed by atoms with van der Waals surface area (Å²) in [6, 6.07) is 15.7. The number of carbonyl (C=O) groups is 3. The number of esters is 1. The summed E-state index contributed by atoms with van der Waals surface area (Å²) in [5.74, 6) is -0.684. The van der Waals surface area contributed by atoms with Gasteiger partial charge < -0.3 is 20.1 Å². The molecule has 1 aliphatic carbocycles. The number of hydrogen-bond donors (Lipinski definition) is 2. The average molecular weight is 465 g/mol. The maximum atomic E-state index is 12.6. The van der Waals surface area contributed by atoms with E-state index in [2.05, 4.69) is 34.9 Å². The predicted molar refractivity (Wildman–Crippen MR) is 130 cm³/mol. The molecule has 0 unspecified atom stereocenters. The molecule has 0 radical (unpaired) electrons. The zero-order chi connectivity index (χ0) is 24.5. The van der Waals surface area contributed by atoms with Crippen LogP contribution in [0.5, 0.6) is 0 Å². The highest BCUT2D eigenvalue weighted by Gasteiger charge is 2.29. The normalized spacial score (nSPS) is 13.3. The molecule has 7 nitrogen and oxygen atoms in total. The fourth-order valence-electron chi connectivity index (χ4n) is 4.07. The van der Waals surface area contributed by atoms with Gasteiger partial charge >= 0.3 is 12.1 Å². The van der Waals surface area contributed by atoms with Crippen LogP contribution in [0.15, 0.2) is 60.7 Å². The molecule has 2 aromatic rings. The quantitative estimate of drug-likeness (QED) is 0.404. The van der Waals surface area contributed by atoms with Gasteiger partial charge in [-0.1, -0.05) is 54.6 Å². The van der Waals surface area contributed by atoms with Crippen LogP contribution in [0.25, 0.3) is 11.1 Å². The largest absolute Gasteiger partial charge is 0.463 e. The molecule has 0 aromatic heterocycles. The van der Waals surface area contributed by atoms with Gasteiger partial charge in [-0.15, -0.1) is 0 Å². The van der Waals surface area contributed by atoms with E-state index in [0.717, 1.165) is 22.3 Å². The van der Waals surface area contributed by atoms with Crippen molar-refractivity contribution >= 4 is 18.0 Å². The topological polar surface area (TPSA) is 93.7 Å². The molecular formula is C27H32N2O5. The molecule has 0 aliphatic heterocycles. The summed E-state index contributed by atoms with van der Waals surface area (Å²) < 4.78 is 10.5. The fourth-order valence-corrected chi connectivity index (χ4v) is 4.07. The molecule has 0 fully saturated rings. The fraction of sp³-hybridized carbons (Fsp3) is 0.370. The van der Waals surface area contributed by atoms with Crippen LogP contribution < -0.4 is 10.6 Å². The zero-order valence-corrected chi connectivity index (χ0v) is 19.9. The Hall–Kier alpha value is -3.61. The molecule has 1 atom stereocenters. The molecule has 180 valence electrons. The van der Waals surface area contributed by atoms with Crippen LogP contribution in [0.4, 0.5) is 4.79 Å². The van der Waals surface area contributed by atoms with E-state index < -0.39 is 18.1 Å². The van der Waals surface area contributed by atoms with Gasteiger partial charge in [-0.25, -0.2) is 9.59 Å². The molecule has 2 amide bonds. The van der Waals surface area contributed by atoms with Crippen molar-refractivity contribution in [2.24, 2.45) is 0 Å². The second-order valence-corrected chi connectivity index (χ2v) is 8.45. The second kappa shape index (κ2) is 12.0. The number of rotatable bonds is 10. The molecule has 0 bridgehead atoms. The van der Waals surface area contributed by atoms with Gasteiger partial charge in [0.15, 0.2) is 0 Å². The number of nitrogens with one attached hydrogen (secondary N) is 2. The monoisotopic (exact) mass is 464 g/mol. The van der Waals surface area contributed by atoms with Crippen LogP contribution in [-0.4, -0.2) is 43.3 Å². The lowest BCUT2D eigenvalue weighted by molar-refractivity contribution is -0.137. The summed E-state index contributed by atoms with van der Waals surface area (Å²) in [6.45, 7) is 5.91. The number of carbonyl (C=O) groups excluding carboxylic acids is 3. The van der Waals surface area contributed by atoms with Gasteiger partial charge in [0, 0.05) is 24.5 Å². The summed E-state index contributed by atoms with van der Waals surface area (Å²) in [5, 5.41) is 5.58. The summed E-state index contributed by atoms with van der Waals surface area (Å²) in [6.07, 6.45) is 2.70. The van der Waals surface area contributed by atoms with Crippen LogP contribution in [0.3, 0.4) is 0 Å². The number of fused-ring (bicyclic) bond motifs is 3. The molecular weight excluding hydrogens is 432 g/mol. The van der Waals surface area contributed by atoms with Crippen molar-refractivity contribution in [2.75, 3.05) is 13.2 Å². The Bertz CT molecular complexity index is 1000. The smallest absolute Gasteiger partial charge is 0.407 e. The van der Waals surface area contributed by atoms with Gasteiger partial charge in [0.2, 0.25) is 5.91 Å². The van der Waals surface area contributed by atoms with E-state index in [9.17, 15) is 14.4 Å². The van der Waals surface area contributed by atoms with E-state index in [1.807, 2.05) is 38.1 Å². The van der Waals surface area contributed by atoms with Gasteiger partial charge in [-0.2, -0.15) is 0 Å². The molecule has 0 heterocycles. The predicted octanol–water partition coefficient (Wildman–Crippen LogP) is 4.32. The SMILES string of the molecule is CCOC(=O)/C=C/[C@@H](CCC(=O)NC(C)C)NC(=O)OCC1c2ccccc2-c2ccccc21. The van der Waals surface area contributed by atoms with E-state index in [0.29, 0.717) is 6.42 Å². The highest BCUT2D eigenvalue weighted by molar-refractivity contribution is 5.82. The standard InChI is InChI=1S/C27H32N2O5/c1-4-33-26(31)16-14-19(13-15-25(30)28-18(2)3)29-27(32)34-17-24-22-11-7-5-9-20(22)21-10-6-8-12-23(21)24/h5-12,14,16,18-19,24H,4,13,15,17H2,1-3H3,(H,28,30)(H,29,32)/b16-14+/t19-/m1/s1.